The van der Waals surface area contributed by atoms with Crippen molar-refractivity contribution in [3.05, 3.63) is 35.9 Å². The summed E-state index contributed by atoms with van der Waals surface area (Å²) in [5, 5.41) is 24.3. The van der Waals surface area contributed by atoms with E-state index in [0.717, 1.165) is 24.9 Å². The normalized spacial score (nSPS) is 15.3. The van der Waals surface area contributed by atoms with Crippen LogP contribution >= 0.6 is 11.8 Å². The molecule has 0 saturated carbocycles. The van der Waals surface area contributed by atoms with Gasteiger partial charge in [0.25, 0.3) is 0 Å². The number of nitrogens with one attached hydrogen (secondary N) is 1. The SMILES string of the molecule is CC(Sc1nnnn1-c1ccc(O)cc1)C(=O)NCCC1=CCCCC1. The van der Waals surface area contributed by atoms with Gasteiger partial charge in [0.2, 0.25) is 11.1 Å². The van der Waals surface area contributed by atoms with E-state index in [1.165, 1.54) is 30.2 Å². The molecule has 1 aromatic carbocycles. The average molecular weight is 373 g/mol. The highest BCUT2D eigenvalue weighted by atomic mass is 32.2. The van der Waals surface area contributed by atoms with Gasteiger partial charge in [-0.25, -0.2) is 0 Å². The van der Waals surface area contributed by atoms with Crippen molar-refractivity contribution in [2.75, 3.05) is 6.54 Å². The van der Waals surface area contributed by atoms with Crippen LogP contribution in [-0.2, 0) is 4.79 Å². The van der Waals surface area contributed by atoms with Crippen LogP contribution in [-0.4, -0.2) is 43.0 Å². The van der Waals surface area contributed by atoms with Gasteiger partial charge in [-0.05, 0) is 73.7 Å². The van der Waals surface area contributed by atoms with E-state index in [4.69, 9.17) is 0 Å². The molecule has 138 valence electrons. The maximum Gasteiger partial charge on any atom is 0.233 e. The summed E-state index contributed by atoms with van der Waals surface area (Å²) >= 11 is 1.31. The molecule has 1 amide bonds. The Kier molecular flexibility index (Phi) is 6.27. The van der Waals surface area contributed by atoms with Gasteiger partial charge in [-0.15, -0.1) is 5.10 Å². The molecule has 1 atom stereocenters. The number of allylic oxidation sites excluding steroid dienone is 1. The summed E-state index contributed by atoms with van der Waals surface area (Å²) in [7, 11) is 0. The van der Waals surface area contributed by atoms with Gasteiger partial charge in [0.15, 0.2) is 0 Å². The molecule has 3 rings (SSSR count). The number of thioether (sulfide) groups is 1. The highest BCUT2D eigenvalue weighted by molar-refractivity contribution is 8.00. The second-order valence-electron chi connectivity index (χ2n) is 6.30. The number of phenols is 1. The third-order valence-electron chi connectivity index (χ3n) is 4.32. The number of aromatic nitrogens is 4. The Balaban J connectivity index is 1.53. The van der Waals surface area contributed by atoms with Gasteiger partial charge in [-0.3, -0.25) is 4.79 Å². The Bertz CT molecular complexity index is 772. The monoisotopic (exact) mass is 373 g/mol. The Morgan fingerprint density at radius 2 is 2.15 bits per heavy atom. The molecule has 2 N–H and O–H groups in total. The molecule has 7 nitrogen and oxygen atoms in total. The summed E-state index contributed by atoms with van der Waals surface area (Å²) in [4.78, 5) is 12.3. The largest absolute Gasteiger partial charge is 0.508 e. The fourth-order valence-corrected chi connectivity index (χ4v) is 3.67. The number of benzene rings is 1. The van der Waals surface area contributed by atoms with Gasteiger partial charge >= 0.3 is 0 Å². The zero-order valence-corrected chi connectivity index (χ0v) is 15.6. The van der Waals surface area contributed by atoms with Gasteiger partial charge in [0, 0.05) is 6.54 Å². The number of phenolic OH excluding ortho intramolecular Hbond substituents is 1. The standard InChI is InChI=1S/C18H23N5O2S/c1-13(17(25)19-12-11-14-5-3-2-4-6-14)26-18-20-21-22-23(18)15-7-9-16(24)10-8-15/h5,7-10,13,24H,2-4,6,11-12H2,1H3,(H,19,25). The lowest BCUT2D eigenvalue weighted by molar-refractivity contribution is -0.120. The Hall–Kier alpha value is -2.35. The highest BCUT2D eigenvalue weighted by Crippen LogP contribution is 2.24. The number of hydrogen-bond acceptors (Lipinski definition) is 6. The minimum atomic E-state index is -0.308. The summed E-state index contributed by atoms with van der Waals surface area (Å²) in [6.45, 7) is 2.51. The Morgan fingerprint density at radius 1 is 1.35 bits per heavy atom. The molecule has 0 aliphatic heterocycles. The van der Waals surface area contributed by atoms with Crippen molar-refractivity contribution in [2.45, 2.75) is 49.4 Å². The highest BCUT2D eigenvalue weighted by Gasteiger charge is 2.19. The third-order valence-corrected chi connectivity index (χ3v) is 5.35. The Labute approximate surface area is 156 Å². The molecule has 0 fully saturated rings. The molecule has 1 aliphatic carbocycles. The molecule has 0 bridgehead atoms. The molecule has 1 aliphatic rings. The average Bonchev–Trinajstić information content (AvgIpc) is 3.11. The first-order valence-electron chi connectivity index (χ1n) is 8.83. The van der Waals surface area contributed by atoms with Crippen LogP contribution in [0.5, 0.6) is 5.75 Å². The van der Waals surface area contributed by atoms with Crippen LogP contribution in [0.2, 0.25) is 0 Å². The first-order chi connectivity index (χ1) is 12.6. The fourth-order valence-electron chi connectivity index (χ4n) is 2.84. The van der Waals surface area contributed by atoms with Gasteiger partial charge in [-0.2, -0.15) is 4.68 Å². The van der Waals surface area contributed by atoms with Crippen LogP contribution < -0.4 is 5.32 Å². The summed E-state index contributed by atoms with van der Waals surface area (Å²) < 4.78 is 1.56. The summed E-state index contributed by atoms with van der Waals surface area (Å²) in [5.41, 5.74) is 2.18. The maximum atomic E-state index is 12.3. The van der Waals surface area contributed by atoms with Crippen LogP contribution in [0.3, 0.4) is 0 Å². The minimum Gasteiger partial charge on any atom is -0.508 e. The van der Waals surface area contributed by atoms with Crippen molar-refractivity contribution in [1.82, 2.24) is 25.5 Å². The molecular formula is C18H23N5O2S. The van der Waals surface area contributed by atoms with E-state index >= 15 is 0 Å². The first kappa shape index (κ1) is 18.4. The quantitative estimate of drug-likeness (QED) is 0.573. The lowest BCUT2D eigenvalue weighted by atomic mass is 9.97. The van der Waals surface area contributed by atoms with Gasteiger partial charge in [-0.1, -0.05) is 23.4 Å². The first-order valence-corrected chi connectivity index (χ1v) is 9.71. The van der Waals surface area contributed by atoms with E-state index in [1.54, 1.807) is 28.9 Å². The molecule has 1 aromatic heterocycles. The molecule has 1 heterocycles. The number of rotatable bonds is 7. The summed E-state index contributed by atoms with van der Waals surface area (Å²) in [6, 6.07) is 6.58. The fraction of sp³-hybridized carbons (Fsp3) is 0.444. The molecular weight excluding hydrogens is 350 g/mol. The molecule has 8 heteroatoms. The van der Waals surface area contributed by atoms with E-state index in [1.807, 2.05) is 6.92 Å². The lowest BCUT2D eigenvalue weighted by Crippen LogP contribution is -2.32. The topological polar surface area (TPSA) is 92.9 Å². The van der Waals surface area contributed by atoms with Crippen LogP contribution in [0.25, 0.3) is 5.69 Å². The second-order valence-corrected chi connectivity index (χ2v) is 7.61. The molecule has 0 radical (unpaired) electrons. The zero-order chi connectivity index (χ0) is 18.4. The molecule has 26 heavy (non-hydrogen) atoms. The number of hydrogen-bond donors (Lipinski definition) is 2. The van der Waals surface area contributed by atoms with E-state index in [9.17, 15) is 9.90 Å². The third kappa shape index (κ3) is 4.85. The van der Waals surface area contributed by atoms with E-state index < -0.39 is 0 Å². The van der Waals surface area contributed by atoms with E-state index in [-0.39, 0.29) is 16.9 Å². The lowest BCUT2D eigenvalue weighted by Gasteiger charge is -2.14. The number of nitrogens with zero attached hydrogens (tertiary/aromatic N) is 4. The number of aromatic hydroxyl groups is 1. The van der Waals surface area contributed by atoms with Crippen molar-refractivity contribution in [2.24, 2.45) is 0 Å². The van der Waals surface area contributed by atoms with E-state index in [2.05, 4.69) is 26.9 Å². The van der Waals surface area contributed by atoms with E-state index in [0.29, 0.717) is 11.7 Å². The number of carbonyl (C=O) groups is 1. The van der Waals surface area contributed by atoms with Crippen LogP contribution in [0, 0.1) is 0 Å². The predicted molar refractivity (Wildman–Crippen MR) is 100 cm³/mol. The van der Waals surface area contributed by atoms with Crippen LogP contribution in [0.1, 0.15) is 39.0 Å². The van der Waals surface area contributed by atoms with Gasteiger partial charge in [0.05, 0.1) is 10.9 Å². The summed E-state index contributed by atoms with van der Waals surface area (Å²) in [5.74, 6) is 0.156. The molecule has 0 saturated heterocycles. The number of amides is 1. The van der Waals surface area contributed by atoms with Crippen LogP contribution in [0.15, 0.2) is 41.1 Å². The molecule has 2 aromatic rings. The van der Waals surface area contributed by atoms with Gasteiger partial charge in [0.1, 0.15) is 5.75 Å². The van der Waals surface area contributed by atoms with Crippen molar-refractivity contribution < 1.29 is 9.90 Å². The van der Waals surface area contributed by atoms with Crippen LogP contribution in [0.4, 0.5) is 0 Å². The number of carbonyl (C=O) groups excluding carboxylic acids is 1. The maximum absolute atomic E-state index is 12.3. The van der Waals surface area contributed by atoms with Crippen molar-refractivity contribution >= 4 is 17.7 Å². The summed E-state index contributed by atoms with van der Waals surface area (Å²) in [6.07, 6.45) is 8.08. The zero-order valence-electron chi connectivity index (χ0n) is 14.8. The second kappa shape index (κ2) is 8.84. The van der Waals surface area contributed by atoms with Crippen molar-refractivity contribution in [3.63, 3.8) is 0 Å². The molecule has 1 unspecified atom stereocenters. The molecule has 0 spiro atoms. The predicted octanol–water partition coefficient (Wildman–Crippen LogP) is 2.86. The smallest absolute Gasteiger partial charge is 0.233 e. The number of tetrazole rings is 1. The minimum absolute atomic E-state index is 0.0216. The van der Waals surface area contributed by atoms with Gasteiger partial charge < -0.3 is 10.4 Å². The van der Waals surface area contributed by atoms with Crippen molar-refractivity contribution in [3.8, 4) is 11.4 Å². The van der Waals surface area contributed by atoms with Crippen molar-refractivity contribution in [1.29, 1.82) is 0 Å². The Morgan fingerprint density at radius 3 is 2.88 bits per heavy atom.